The molecule has 1 aromatic rings. The minimum absolute atomic E-state index is 0.0649. The minimum Gasteiger partial charge on any atom is -0.398 e. The van der Waals surface area contributed by atoms with Gasteiger partial charge in [0.2, 0.25) is 10.0 Å². The zero-order valence-corrected chi connectivity index (χ0v) is 15.1. The molecule has 0 amide bonds. The quantitative estimate of drug-likeness (QED) is 0.750. The van der Waals surface area contributed by atoms with Crippen molar-refractivity contribution in [2.45, 2.75) is 38.1 Å². The molecular formula is C12H18Br2N2O2S. The maximum absolute atomic E-state index is 12.7. The molecule has 0 aliphatic carbocycles. The predicted molar refractivity (Wildman–Crippen MR) is 85.6 cm³/mol. The topological polar surface area (TPSA) is 63.4 Å². The Morgan fingerprint density at radius 2 is 1.89 bits per heavy atom. The molecule has 0 radical (unpaired) electrons. The smallest absolute Gasteiger partial charge is 0.246 e. The second-order valence-electron chi connectivity index (χ2n) is 4.27. The number of sulfonamides is 1. The monoisotopic (exact) mass is 412 g/mol. The Bertz CT molecular complexity index is 538. The van der Waals surface area contributed by atoms with E-state index in [9.17, 15) is 8.42 Å². The molecule has 7 heteroatoms. The fourth-order valence-electron chi connectivity index (χ4n) is 1.89. The van der Waals surface area contributed by atoms with E-state index in [1.165, 1.54) is 4.31 Å². The summed E-state index contributed by atoms with van der Waals surface area (Å²) >= 11 is 6.58. The van der Waals surface area contributed by atoms with E-state index in [0.717, 1.165) is 10.9 Å². The van der Waals surface area contributed by atoms with Crippen LogP contribution in [0.1, 0.15) is 27.2 Å². The van der Waals surface area contributed by atoms with Gasteiger partial charge in [-0.2, -0.15) is 4.31 Å². The van der Waals surface area contributed by atoms with Crippen LogP contribution in [0.2, 0.25) is 0 Å². The molecule has 1 aromatic carbocycles. The minimum atomic E-state index is -3.60. The Morgan fingerprint density at radius 1 is 1.32 bits per heavy atom. The van der Waals surface area contributed by atoms with Gasteiger partial charge in [-0.15, -0.1) is 0 Å². The van der Waals surface area contributed by atoms with Gasteiger partial charge in [0.25, 0.3) is 0 Å². The van der Waals surface area contributed by atoms with Crippen LogP contribution in [0.25, 0.3) is 0 Å². The van der Waals surface area contributed by atoms with Crippen molar-refractivity contribution in [2.75, 3.05) is 12.3 Å². The Kier molecular flexibility index (Phi) is 5.85. The standard InChI is InChI=1S/C12H18Br2N2O2S/c1-4-8(3)16(5-2)19(17,18)12-10(14)6-9(13)7-11(12)15/h6-8H,4-5,15H2,1-3H3. The fraction of sp³-hybridized carbons (Fsp3) is 0.500. The average molecular weight is 414 g/mol. The lowest BCUT2D eigenvalue weighted by Gasteiger charge is -2.27. The lowest BCUT2D eigenvalue weighted by Crippen LogP contribution is -2.38. The second-order valence-corrected chi connectivity index (χ2v) is 7.87. The number of rotatable bonds is 5. The van der Waals surface area contributed by atoms with Crippen molar-refractivity contribution in [1.82, 2.24) is 4.31 Å². The Morgan fingerprint density at radius 3 is 2.32 bits per heavy atom. The highest BCUT2D eigenvalue weighted by atomic mass is 79.9. The highest BCUT2D eigenvalue weighted by molar-refractivity contribution is 9.11. The molecule has 0 aliphatic rings. The van der Waals surface area contributed by atoms with Gasteiger partial charge in [0.1, 0.15) is 4.90 Å². The summed E-state index contributed by atoms with van der Waals surface area (Å²) in [4.78, 5) is 0.137. The summed E-state index contributed by atoms with van der Waals surface area (Å²) in [5.74, 6) is 0. The Labute approximate surface area is 131 Å². The molecule has 1 rings (SSSR count). The largest absolute Gasteiger partial charge is 0.398 e. The molecule has 0 aromatic heterocycles. The van der Waals surface area contributed by atoms with Gasteiger partial charge < -0.3 is 5.73 Å². The van der Waals surface area contributed by atoms with Gasteiger partial charge in [-0.05, 0) is 41.4 Å². The van der Waals surface area contributed by atoms with Gasteiger partial charge in [-0.3, -0.25) is 0 Å². The van der Waals surface area contributed by atoms with Gasteiger partial charge >= 0.3 is 0 Å². The zero-order chi connectivity index (χ0) is 14.8. The molecule has 2 N–H and O–H groups in total. The molecule has 19 heavy (non-hydrogen) atoms. The van der Waals surface area contributed by atoms with Crippen LogP contribution in [-0.2, 0) is 10.0 Å². The number of nitrogens with two attached hydrogens (primary N) is 1. The van der Waals surface area contributed by atoms with Crippen molar-refractivity contribution in [3.8, 4) is 0 Å². The van der Waals surface area contributed by atoms with Crippen LogP contribution in [-0.4, -0.2) is 25.3 Å². The highest BCUT2D eigenvalue weighted by Gasteiger charge is 2.30. The molecule has 1 unspecified atom stereocenters. The molecule has 0 bridgehead atoms. The van der Waals surface area contributed by atoms with Gasteiger partial charge in [0.05, 0.1) is 5.69 Å². The van der Waals surface area contributed by atoms with Crippen LogP contribution in [0.15, 0.2) is 26.0 Å². The number of benzene rings is 1. The van der Waals surface area contributed by atoms with E-state index >= 15 is 0 Å². The van der Waals surface area contributed by atoms with Crippen molar-refractivity contribution in [3.63, 3.8) is 0 Å². The Balaban J connectivity index is 3.42. The number of hydrogen-bond donors (Lipinski definition) is 1. The molecule has 0 saturated carbocycles. The normalized spacial score (nSPS) is 13.8. The highest BCUT2D eigenvalue weighted by Crippen LogP contribution is 2.34. The number of nitrogens with zero attached hydrogens (tertiary/aromatic N) is 1. The van der Waals surface area contributed by atoms with Crippen molar-refractivity contribution < 1.29 is 8.42 Å². The maximum Gasteiger partial charge on any atom is 0.246 e. The predicted octanol–water partition coefficient (Wildman–Crippen LogP) is 3.60. The van der Waals surface area contributed by atoms with Gasteiger partial charge in [0, 0.05) is 21.5 Å². The van der Waals surface area contributed by atoms with Crippen LogP contribution in [0.4, 0.5) is 5.69 Å². The summed E-state index contributed by atoms with van der Waals surface area (Å²) in [5.41, 5.74) is 6.12. The summed E-state index contributed by atoms with van der Waals surface area (Å²) in [6.45, 7) is 6.10. The second kappa shape index (κ2) is 6.56. The maximum atomic E-state index is 12.7. The van der Waals surface area contributed by atoms with E-state index in [0.29, 0.717) is 11.0 Å². The van der Waals surface area contributed by atoms with Crippen LogP contribution < -0.4 is 5.73 Å². The van der Waals surface area contributed by atoms with E-state index in [4.69, 9.17) is 5.73 Å². The number of halogens is 2. The van der Waals surface area contributed by atoms with E-state index in [1.807, 2.05) is 20.8 Å². The molecule has 1 atom stereocenters. The molecule has 0 aliphatic heterocycles. The van der Waals surface area contributed by atoms with Crippen LogP contribution in [0.3, 0.4) is 0 Å². The van der Waals surface area contributed by atoms with Crippen molar-refractivity contribution in [2.24, 2.45) is 0 Å². The Hall–Kier alpha value is -0.110. The molecule has 108 valence electrons. The van der Waals surface area contributed by atoms with E-state index < -0.39 is 10.0 Å². The number of anilines is 1. The average Bonchev–Trinajstić information content (AvgIpc) is 2.27. The van der Waals surface area contributed by atoms with Crippen molar-refractivity contribution >= 4 is 47.6 Å². The van der Waals surface area contributed by atoms with Crippen molar-refractivity contribution in [3.05, 3.63) is 21.1 Å². The van der Waals surface area contributed by atoms with Crippen LogP contribution in [0, 0.1) is 0 Å². The fourth-order valence-corrected chi connectivity index (χ4v) is 5.62. The molecular weight excluding hydrogens is 396 g/mol. The first-order chi connectivity index (χ1) is 8.75. The molecule has 0 heterocycles. The first-order valence-electron chi connectivity index (χ1n) is 6.02. The van der Waals surface area contributed by atoms with Crippen LogP contribution in [0.5, 0.6) is 0 Å². The van der Waals surface area contributed by atoms with Crippen molar-refractivity contribution in [1.29, 1.82) is 0 Å². The SMILES string of the molecule is CCC(C)N(CC)S(=O)(=O)c1c(N)cc(Br)cc1Br. The summed E-state index contributed by atoms with van der Waals surface area (Å²) in [7, 11) is -3.60. The van der Waals surface area contributed by atoms with E-state index in [1.54, 1.807) is 12.1 Å². The van der Waals surface area contributed by atoms with E-state index in [2.05, 4.69) is 31.9 Å². The molecule has 0 fully saturated rings. The molecule has 0 spiro atoms. The first-order valence-corrected chi connectivity index (χ1v) is 9.04. The summed E-state index contributed by atoms with van der Waals surface area (Å²) in [6, 6.07) is 3.22. The lowest BCUT2D eigenvalue weighted by atomic mass is 10.3. The first kappa shape index (κ1) is 16.9. The van der Waals surface area contributed by atoms with Gasteiger partial charge in [0.15, 0.2) is 0 Å². The zero-order valence-electron chi connectivity index (χ0n) is 11.2. The number of nitrogen functional groups attached to an aromatic ring is 1. The summed E-state index contributed by atoms with van der Waals surface area (Å²) in [6.07, 6.45) is 0.751. The molecule has 0 saturated heterocycles. The molecule has 4 nitrogen and oxygen atoms in total. The third-order valence-corrected chi connectivity index (χ3v) is 6.55. The van der Waals surface area contributed by atoms with E-state index in [-0.39, 0.29) is 16.6 Å². The summed E-state index contributed by atoms with van der Waals surface area (Å²) in [5, 5.41) is 0. The van der Waals surface area contributed by atoms with Gasteiger partial charge in [-0.25, -0.2) is 8.42 Å². The van der Waals surface area contributed by atoms with Crippen LogP contribution >= 0.6 is 31.9 Å². The van der Waals surface area contributed by atoms with Gasteiger partial charge in [-0.1, -0.05) is 29.8 Å². The third kappa shape index (κ3) is 3.51. The number of hydrogen-bond acceptors (Lipinski definition) is 3. The third-order valence-electron chi connectivity index (χ3n) is 3.00. The lowest BCUT2D eigenvalue weighted by molar-refractivity contribution is 0.342. The summed E-state index contributed by atoms with van der Waals surface area (Å²) < 4.78 is 28.1.